The second-order valence-electron chi connectivity index (χ2n) is 10.0. The first-order chi connectivity index (χ1) is 15.9. The SMILES string of the molecule is CC(=O)OC1C2COC1C(OC(C)=O)C(OC[C@H]1O[C@@H]3OC(C)(C)O[C@@H]3[C@H]3OC(C)(C)O[C@H]31)O2. The Bertz CT molecular complexity index is 814. The van der Waals surface area contributed by atoms with Crippen LogP contribution >= 0.6 is 0 Å². The van der Waals surface area contributed by atoms with E-state index in [4.69, 9.17) is 47.4 Å². The van der Waals surface area contributed by atoms with Gasteiger partial charge in [-0.3, -0.25) is 9.59 Å². The fourth-order valence-corrected chi connectivity index (χ4v) is 5.21. The van der Waals surface area contributed by atoms with Crippen molar-refractivity contribution in [3.8, 4) is 0 Å². The van der Waals surface area contributed by atoms with Gasteiger partial charge in [0.2, 0.25) is 0 Å². The molecular formula is C22H32O12. The molecule has 12 heteroatoms. The third-order valence-corrected chi connectivity index (χ3v) is 6.32. The van der Waals surface area contributed by atoms with Crippen molar-refractivity contribution in [3.05, 3.63) is 0 Å². The van der Waals surface area contributed by atoms with Gasteiger partial charge in [0, 0.05) is 13.8 Å². The number of rotatable bonds is 5. The zero-order valence-corrected chi connectivity index (χ0v) is 20.1. The minimum atomic E-state index is -0.958. The van der Waals surface area contributed by atoms with Gasteiger partial charge in [0.1, 0.15) is 36.6 Å². The molecule has 5 heterocycles. The third-order valence-electron chi connectivity index (χ3n) is 6.32. The summed E-state index contributed by atoms with van der Waals surface area (Å²) in [6.45, 7) is 10.1. The Labute approximate surface area is 197 Å². The molecule has 0 aromatic carbocycles. The maximum absolute atomic E-state index is 11.8. The molecule has 10 atom stereocenters. The van der Waals surface area contributed by atoms with Gasteiger partial charge in [-0.05, 0) is 27.7 Å². The molecule has 192 valence electrons. The smallest absolute Gasteiger partial charge is 0.303 e. The van der Waals surface area contributed by atoms with E-state index in [0.29, 0.717) is 0 Å². The fourth-order valence-electron chi connectivity index (χ4n) is 5.21. The standard InChI is InChI=1S/C22H32O12/c1-9(23)27-13-11-7-25-15(13)17(28-10(2)24)19(29-11)26-8-12-14-16(32-21(3,4)31-14)18-20(30-12)34-22(5,6)33-18/h11-20H,7-8H2,1-6H3/t11?,12-,13?,14+,15?,16+,17?,18-,19?,20-/m1/s1. The molecule has 2 bridgehead atoms. The molecule has 34 heavy (non-hydrogen) atoms. The van der Waals surface area contributed by atoms with E-state index < -0.39 is 84.9 Å². The predicted octanol–water partition coefficient (Wildman–Crippen LogP) is 0.387. The summed E-state index contributed by atoms with van der Waals surface area (Å²) < 4.78 is 58.9. The molecule has 5 saturated heterocycles. The van der Waals surface area contributed by atoms with Gasteiger partial charge in [-0.15, -0.1) is 0 Å². The molecule has 5 aliphatic heterocycles. The van der Waals surface area contributed by atoms with E-state index in [9.17, 15) is 9.59 Å². The topological polar surface area (TPSA) is 126 Å². The van der Waals surface area contributed by atoms with Crippen LogP contribution in [0.3, 0.4) is 0 Å². The van der Waals surface area contributed by atoms with Crippen LogP contribution in [0, 0.1) is 0 Å². The Morgan fingerprint density at radius 2 is 1.41 bits per heavy atom. The Balaban J connectivity index is 1.30. The van der Waals surface area contributed by atoms with Crippen LogP contribution in [0.15, 0.2) is 0 Å². The van der Waals surface area contributed by atoms with Crippen LogP contribution in [0.4, 0.5) is 0 Å². The van der Waals surface area contributed by atoms with E-state index in [1.807, 2.05) is 27.7 Å². The van der Waals surface area contributed by atoms with Crippen LogP contribution in [-0.2, 0) is 57.0 Å². The molecule has 0 amide bonds. The van der Waals surface area contributed by atoms with Crippen LogP contribution in [0.5, 0.6) is 0 Å². The second-order valence-corrected chi connectivity index (χ2v) is 10.0. The largest absolute Gasteiger partial charge is 0.457 e. The highest BCUT2D eigenvalue weighted by Gasteiger charge is 2.61. The van der Waals surface area contributed by atoms with Crippen LogP contribution < -0.4 is 0 Å². The zero-order valence-electron chi connectivity index (χ0n) is 20.1. The number of ether oxygens (including phenoxy) is 10. The zero-order chi connectivity index (χ0) is 24.4. The van der Waals surface area contributed by atoms with E-state index >= 15 is 0 Å². The molecule has 0 N–H and O–H groups in total. The van der Waals surface area contributed by atoms with Crippen molar-refractivity contribution in [2.24, 2.45) is 0 Å². The highest BCUT2D eigenvalue weighted by atomic mass is 16.9. The minimum Gasteiger partial charge on any atom is -0.457 e. The minimum absolute atomic E-state index is 0.0354. The maximum Gasteiger partial charge on any atom is 0.303 e. The summed E-state index contributed by atoms with van der Waals surface area (Å²) in [6, 6.07) is 0. The molecular weight excluding hydrogens is 456 g/mol. The molecule has 0 radical (unpaired) electrons. The Morgan fingerprint density at radius 1 is 0.794 bits per heavy atom. The van der Waals surface area contributed by atoms with E-state index in [2.05, 4.69) is 0 Å². The molecule has 5 fully saturated rings. The first-order valence-electron chi connectivity index (χ1n) is 11.5. The third kappa shape index (κ3) is 4.58. The quantitative estimate of drug-likeness (QED) is 0.497. The molecule has 12 nitrogen and oxygen atoms in total. The summed E-state index contributed by atoms with van der Waals surface area (Å²) in [4.78, 5) is 23.3. The molecule has 5 unspecified atom stereocenters. The normalized spacial score (nSPS) is 45.9. The number of hydrogen-bond donors (Lipinski definition) is 0. The molecule has 0 aromatic rings. The Kier molecular flexibility index (Phi) is 6.17. The van der Waals surface area contributed by atoms with Crippen molar-refractivity contribution < 1.29 is 57.0 Å². The van der Waals surface area contributed by atoms with Gasteiger partial charge < -0.3 is 47.4 Å². The van der Waals surface area contributed by atoms with Crippen molar-refractivity contribution in [1.82, 2.24) is 0 Å². The van der Waals surface area contributed by atoms with Crippen molar-refractivity contribution in [1.29, 1.82) is 0 Å². The van der Waals surface area contributed by atoms with Gasteiger partial charge in [0.05, 0.1) is 13.2 Å². The predicted molar refractivity (Wildman–Crippen MR) is 108 cm³/mol. The number of fused-ring (bicyclic) bond motifs is 5. The van der Waals surface area contributed by atoms with E-state index in [1.165, 1.54) is 13.8 Å². The second kappa shape index (κ2) is 8.63. The Hall–Kier alpha value is -1.38. The number of esters is 2. The summed E-state index contributed by atoms with van der Waals surface area (Å²) in [5, 5.41) is 0. The molecule has 5 rings (SSSR count). The summed E-state index contributed by atoms with van der Waals surface area (Å²) >= 11 is 0. The van der Waals surface area contributed by atoms with Gasteiger partial charge in [-0.25, -0.2) is 0 Å². The highest BCUT2D eigenvalue weighted by molar-refractivity contribution is 5.67. The van der Waals surface area contributed by atoms with E-state index in [-0.39, 0.29) is 13.2 Å². The van der Waals surface area contributed by atoms with Crippen LogP contribution in [-0.4, -0.2) is 98.1 Å². The van der Waals surface area contributed by atoms with Crippen molar-refractivity contribution >= 4 is 11.9 Å². The van der Waals surface area contributed by atoms with Gasteiger partial charge in [-0.2, -0.15) is 0 Å². The van der Waals surface area contributed by atoms with E-state index in [1.54, 1.807) is 0 Å². The average Bonchev–Trinajstić information content (AvgIpc) is 3.30. The van der Waals surface area contributed by atoms with Gasteiger partial charge >= 0.3 is 11.9 Å². The fraction of sp³-hybridized carbons (Fsp3) is 0.909. The summed E-state index contributed by atoms with van der Waals surface area (Å²) in [5.74, 6) is -2.69. The lowest BCUT2D eigenvalue weighted by Gasteiger charge is -2.40. The lowest BCUT2D eigenvalue weighted by Crippen LogP contribution is -2.59. The first-order valence-corrected chi connectivity index (χ1v) is 11.5. The summed E-state index contributed by atoms with van der Waals surface area (Å²) in [5.41, 5.74) is 0. The molecule has 0 aromatic heterocycles. The van der Waals surface area contributed by atoms with Crippen LogP contribution in [0.1, 0.15) is 41.5 Å². The van der Waals surface area contributed by atoms with Crippen LogP contribution in [0.25, 0.3) is 0 Å². The monoisotopic (exact) mass is 488 g/mol. The summed E-state index contributed by atoms with van der Waals surface area (Å²) in [6.07, 6.45) is -6.44. The molecule has 0 saturated carbocycles. The Morgan fingerprint density at radius 3 is 2.12 bits per heavy atom. The molecule has 5 aliphatic rings. The lowest BCUT2D eigenvalue weighted by molar-refractivity contribution is -0.293. The van der Waals surface area contributed by atoms with E-state index in [0.717, 1.165) is 0 Å². The first kappa shape index (κ1) is 24.3. The number of carbonyl (C=O) groups is 2. The number of carbonyl (C=O) groups excluding carboxylic acids is 2. The highest BCUT2D eigenvalue weighted by Crippen LogP contribution is 2.44. The van der Waals surface area contributed by atoms with Gasteiger partial charge in [0.15, 0.2) is 36.4 Å². The van der Waals surface area contributed by atoms with Crippen LogP contribution in [0.2, 0.25) is 0 Å². The average molecular weight is 488 g/mol. The number of hydrogen-bond acceptors (Lipinski definition) is 12. The summed E-state index contributed by atoms with van der Waals surface area (Å²) in [7, 11) is 0. The van der Waals surface area contributed by atoms with Crippen molar-refractivity contribution in [2.45, 2.75) is 115 Å². The van der Waals surface area contributed by atoms with Gasteiger partial charge in [0.25, 0.3) is 0 Å². The lowest BCUT2D eigenvalue weighted by atomic mass is 9.99. The van der Waals surface area contributed by atoms with Crippen molar-refractivity contribution in [3.63, 3.8) is 0 Å². The maximum atomic E-state index is 11.8. The van der Waals surface area contributed by atoms with Crippen molar-refractivity contribution in [2.75, 3.05) is 13.2 Å². The molecule has 0 aliphatic carbocycles. The molecule has 0 spiro atoms. The van der Waals surface area contributed by atoms with Gasteiger partial charge in [-0.1, -0.05) is 0 Å².